The molecule has 0 radical (unpaired) electrons. The van der Waals surface area contributed by atoms with Crippen molar-refractivity contribution < 1.29 is 19.4 Å². The molecule has 0 unspecified atom stereocenters. The van der Waals surface area contributed by atoms with Crippen molar-refractivity contribution in [3.05, 3.63) is 0 Å². The number of carboxylic acids is 1. The number of morpholine rings is 1. The van der Waals surface area contributed by atoms with Crippen LogP contribution in [0.4, 0.5) is 0 Å². The van der Waals surface area contributed by atoms with E-state index in [-0.39, 0.29) is 24.7 Å². The zero-order chi connectivity index (χ0) is 13.9. The molecule has 1 aliphatic rings. The van der Waals surface area contributed by atoms with Crippen LogP contribution < -0.4 is 0 Å². The van der Waals surface area contributed by atoms with Crippen LogP contribution in [0, 0.1) is 0 Å². The summed E-state index contributed by atoms with van der Waals surface area (Å²) in [6.07, 6.45) is 0.0554. The van der Waals surface area contributed by atoms with E-state index in [9.17, 15) is 9.59 Å². The summed E-state index contributed by atoms with van der Waals surface area (Å²) >= 11 is 0. The number of carbonyl (C=O) groups is 2. The van der Waals surface area contributed by atoms with Gasteiger partial charge in [-0.15, -0.1) is 0 Å². The maximum absolute atomic E-state index is 12.1. The van der Waals surface area contributed by atoms with Crippen LogP contribution in [0.1, 0.15) is 20.8 Å². The molecule has 0 bridgehead atoms. The third kappa shape index (κ3) is 3.96. The number of nitrogens with zero attached hydrogens (tertiary/aromatic N) is 2. The summed E-state index contributed by atoms with van der Waals surface area (Å²) in [6, 6.07) is -0.662. The smallest absolute Gasteiger partial charge is 0.320 e. The number of carboxylic acid groups (broad SMARTS) is 1. The molecule has 6 nitrogen and oxygen atoms in total. The van der Waals surface area contributed by atoms with E-state index >= 15 is 0 Å². The summed E-state index contributed by atoms with van der Waals surface area (Å²) in [6.45, 7) is 6.68. The van der Waals surface area contributed by atoms with Gasteiger partial charge in [0.1, 0.15) is 6.04 Å². The first kappa shape index (κ1) is 14.9. The van der Waals surface area contributed by atoms with Crippen molar-refractivity contribution >= 4 is 11.9 Å². The predicted octanol–water partition coefficient (Wildman–Crippen LogP) is 0.0271. The quantitative estimate of drug-likeness (QED) is 0.770. The molecule has 0 aromatic carbocycles. The first-order valence-electron chi connectivity index (χ1n) is 6.17. The van der Waals surface area contributed by atoms with E-state index in [1.165, 1.54) is 4.90 Å². The van der Waals surface area contributed by atoms with E-state index < -0.39 is 12.0 Å². The molecular formula is C12H22N2O4. The number of likely N-dealkylation sites (N-methyl/N-ethyl adjacent to an activating group) is 1. The maximum Gasteiger partial charge on any atom is 0.320 e. The molecule has 1 amide bonds. The average molecular weight is 258 g/mol. The second-order valence-corrected chi connectivity index (χ2v) is 4.99. The van der Waals surface area contributed by atoms with Crippen LogP contribution in [0.5, 0.6) is 0 Å². The van der Waals surface area contributed by atoms with Crippen LogP contribution >= 0.6 is 0 Å². The second-order valence-electron chi connectivity index (χ2n) is 4.99. The Labute approximate surface area is 107 Å². The summed E-state index contributed by atoms with van der Waals surface area (Å²) in [5.41, 5.74) is 0. The normalized spacial score (nSPS) is 26.2. The monoisotopic (exact) mass is 258 g/mol. The summed E-state index contributed by atoms with van der Waals surface area (Å²) in [5.74, 6) is -0.971. The fourth-order valence-electron chi connectivity index (χ4n) is 2.02. The SMILES string of the molecule is C[C@@H]1CN(C(=O)CN(C)[C@H](C)C(=O)O)C[C@H](C)O1. The second kappa shape index (κ2) is 6.15. The Balaban J connectivity index is 2.52. The average Bonchev–Trinajstić information content (AvgIpc) is 2.26. The molecule has 1 rings (SSSR count). The van der Waals surface area contributed by atoms with Crippen molar-refractivity contribution in [2.24, 2.45) is 0 Å². The summed E-state index contributed by atoms with van der Waals surface area (Å²) in [7, 11) is 1.64. The van der Waals surface area contributed by atoms with E-state index in [1.807, 2.05) is 13.8 Å². The Morgan fingerprint density at radius 3 is 2.33 bits per heavy atom. The molecule has 0 aromatic rings. The van der Waals surface area contributed by atoms with Crippen molar-refractivity contribution in [1.82, 2.24) is 9.80 Å². The third-order valence-electron chi connectivity index (χ3n) is 3.18. The zero-order valence-corrected chi connectivity index (χ0v) is 11.4. The lowest BCUT2D eigenvalue weighted by Gasteiger charge is -2.36. The Hall–Kier alpha value is -1.14. The highest BCUT2D eigenvalue weighted by atomic mass is 16.5. The first-order chi connectivity index (χ1) is 8.31. The molecular weight excluding hydrogens is 236 g/mol. The van der Waals surface area contributed by atoms with Crippen LogP contribution in [0.15, 0.2) is 0 Å². The van der Waals surface area contributed by atoms with Crippen molar-refractivity contribution in [3.63, 3.8) is 0 Å². The first-order valence-corrected chi connectivity index (χ1v) is 6.17. The number of hydrogen-bond donors (Lipinski definition) is 1. The molecule has 1 heterocycles. The van der Waals surface area contributed by atoms with Gasteiger partial charge < -0.3 is 14.7 Å². The lowest BCUT2D eigenvalue weighted by Crippen LogP contribution is -2.52. The van der Waals surface area contributed by atoms with Crippen molar-refractivity contribution in [2.75, 3.05) is 26.7 Å². The molecule has 6 heteroatoms. The van der Waals surface area contributed by atoms with Gasteiger partial charge in [-0.3, -0.25) is 14.5 Å². The van der Waals surface area contributed by atoms with E-state index in [1.54, 1.807) is 18.9 Å². The van der Waals surface area contributed by atoms with Crippen molar-refractivity contribution in [2.45, 2.75) is 39.0 Å². The van der Waals surface area contributed by atoms with Crippen LogP contribution in [0.3, 0.4) is 0 Å². The number of aliphatic carboxylic acids is 1. The minimum absolute atomic E-state index is 0.0277. The maximum atomic E-state index is 12.1. The Bertz CT molecular complexity index is 311. The van der Waals surface area contributed by atoms with Gasteiger partial charge in [0.25, 0.3) is 0 Å². The van der Waals surface area contributed by atoms with Gasteiger partial charge >= 0.3 is 5.97 Å². The number of ether oxygens (including phenoxy) is 1. The van der Waals surface area contributed by atoms with Gasteiger partial charge in [-0.2, -0.15) is 0 Å². The lowest BCUT2D eigenvalue weighted by atomic mass is 10.2. The van der Waals surface area contributed by atoms with Crippen molar-refractivity contribution in [3.8, 4) is 0 Å². The van der Waals surface area contributed by atoms with Gasteiger partial charge in [0.2, 0.25) is 5.91 Å². The molecule has 1 fully saturated rings. The van der Waals surface area contributed by atoms with Gasteiger partial charge in [-0.1, -0.05) is 0 Å². The summed E-state index contributed by atoms with van der Waals surface area (Å²) < 4.78 is 5.56. The largest absolute Gasteiger partial charge is 0.480 e. The highest BCUT2D eigenvalue weighted by molar-refractivity contribution is 5.80. The molecule has 0 aromatic heterocycles. The molecule has 1 saturated heterocycles. The van der Waals surface area contributed by atoms with Gasteiger partial charge in [-0.05, 0) is 27.8 Å². The van der Waals surface area contributed by atoms with E-state index in [0.717, 1.165) is 0 Å². The molecule has 0 saturated carbocycles. The molecule has 3 atom stereocenters. The fourth-order valence-corrected chi connectivity index (χ4v) is 2.02. The zero-order valence-electron chi connectivity index (χ0n) is 11.4. The number of hydrogen-bond acceptors (Lipinski definition) is 4. The highest BCUT2D eigenvalue weighted by Crippen LogP contribution is 2.11. The Morgan fingerprint density at radius 2 is 1.89 bits per heavy atom. The third-order valence-corrected chi connectivity index (χ3v) is 3.18. The van der Waals surface area contributed by atoms with E-state index in [2.05, 4.69) is 0 Å². The number of amides is 1. The summed E-state index contributed by atoms with van der Waals surface area (Å²) in [5, 5.41) is 8.87. The van der Waals surface area contributed by atoms with Gasteiger partial charge in [0.15, 0.2) is 0 Å². The number of carbonyl (C=O) groups excluding carboxylic acids is 1. The minimum atomic E-state index is -0.922. The minimum Gasteiger partial charge on any atom is -0.480 e. The van der Waals surface area contributed by atoms with E-state index in [0.29, 0.717) is 13.1 Å². The molecule has 104 valence electrons. The molecule has 0 aliphatic carbocycles. The van der Waals surface area contributed by atoms with E-state index in [4.69, 9.17) is 9.84 Å². The van der Waals surface area contributed by atoms with Crippen LogP contribution in [-0.2, 0) is 14.3 Å². The standard InChI is InChI=1S/C12H22N2O4/c1-8-5-14(6-9(2)18-8)11(15)7-13(4)10(3)12(16)17/h8-10H,5-7H2,1-4H3,(H,16,17)/t8-,9+,10-/m1/s1. The van der Waals surface area contributed by atoms with Crippen molar-refractivity contribution in [1.29, 1.82) is 0 Å². The van der Waals surface area contributed by atoms with Crippen LogP contribution in [0.25, 0.3) is 0 Å². The molecule has 0 spiro atoms. The lowest BCUT2D eigenvalue weighted by molar-refractivity contribution is -0.147. The highest BCUT2D eigenvalue weighted by Gasteiger charge is 2.27. The Kier molecular flexibility index (Phi) is 5.10. The topological polar surface area (TPSA) is 70.1 Å². The van der Waals surface area contributed by atoms with Crippen LogP contribution in [-0.4, -0.2) is 71.7 Å². The predicted molar refractivity (Wildman–Crippen MR) is 66.3 cm³/mol. The number of rotatable bonds is 4. The molecule has 1 aliphatic heterocycles. The van der Waals surface area contributed by atoms with Gasteiger partial charge in [0.05, 0.1) is 18.8 Å². The molecule has 1 N–H and O–H groups in total. The van der Waals surface area contributed by atoms with Gasteiger partial charge in [0, 0.05) is 13.1 Å². The summed E-state index contributed by atoms with van der Waals surface area (Å²) in [4.78, 5) is 26.2. The van der Waals surface area contributed by atoms with Crippen LogP contribution in [0.2, 0.25) is 0 Å². The Morgan fingerprint density at radius 1 is 1.39 bits per heavy atom. The molecule has 18 heavy (non-hydrogen) atoms. The fraction of sp³-hybridized carbons (Fsp3) is 0.833. The van der Waals surface area contributed by atoms with Gasteiger partial charge in [-0.25, -0.2) is 0 Å².